The average molecular weight is 517 g/mol. The number of halogens is 2. The van der Waals surface area contributed by atoms with Gasteiger partial charge in [0.15, 0.2) is 0 Å². The summed E-state index contributed by atoms with van der Waals surface area (Å²) < 4.78 is 66.2. The lowest BCUT2D eigenvalue weighted by Crippen LogP contribution is -2.57. The lowest BCUT2D eigenvalue weighted by molar-refractivity contribution is -0.0815. The van der Waals surface area contributed by atoms with E-state index >= 15 is 8.78 Å². The van der Waals surface area contributed by atoms with E-state index in [4.69, 9.17) is 4.74 Å². The summed E-state index contributed by atoms with van der Waals surface area (Å²) in [6.45, 7) is 2.41. The van der Waals surface area contributed by atoms with E-state index in [9.17, 15) is 8.42 Å². The molecule has 3 heterocycles. The minimum absolute atomic E-state index is 0.0161. The predicted octanol–water partition coefficient (Wildman–Crippen LogP) is 3.77. The minimum Gasteiger partial charge on any atom is -0.377 e. The first-order chi connectivity index (χ1) is 17.2. The van der Waals surface area contributed by atoms with Crippen molar-refractivity contribution in [1.29, 1.82) is 0 Å². The number of nitrogens with one attached hydrogen (secondary N) is 1. The SMILES string of the molecule is C[C@H]1CCC(c2ccccc2)S(=O)(=O)N1Cc1cc(F)c(C2(NCc3ccnn3C)COC2)cc1F. The lowest BCUT2D eigenvalue weighted by Gasteiger charge is -2.43. The molecule has 0 spiro atoms. The number of benzene rings is 2. The van der Waals surface area contributed by atoms with Crippen molar-refractivity contribution in [3.63, 3.8) is 0 Å². The summed E-state index contributed by atoms with van der Waals surface area (Å²) in [5, 5.41) is 6.74. The first-order valence-corrected chi connectivity index (χ1v) is 13.6. The maximum Gasteiger partial charge on any atom is 0.221 e. The Bertz CT molecular complexity index is 1340. The van der Waals surface area contributed by atoms with Crippen LogP contribution in [0.25, 0.3) is 0 Å². The molecule has 1 N–H and O–H groups in total. The van der Waals surface area contributed by atoms with Crippen LogP contribution < -0.4 is 5.32 Å². The van der Waals surface area contributed by atoms with Gasteiger partial charge in [-0.2, -0.15) is 9.40 Å². The molecule has 0 bridgehead atoms. The van der Waals surface area contributed by atoms with Crippen molar-refractivity contribution < 1.29 is 21.9 Å². The van der Waals surface area contributed by atoms with E-state index < -0.39 is 32.4 Å². The number of rotatable bonds is 7. The molecule has 2 aliphatic heterocycles. The maximum atomic E-state index is 15.4. The molecule has 2 saturated heterocycles. The van der Waals surface area contributed by atoms with Gasteiger partial charge >= 0.3 is 0 Å². The zero-order valence-corrected chi connectivity index (χ0v) is 21.1. The van der Waals surface area contributed by atoms with Gasteiger partial charge in [-0.3, -0.25) is 10.00 Å². The molecule has 1 aromatic heterocycles. The van der Waals surface area contributed by atoms with E-state index in [0.29, 0.717) is 24.9 Å². The highest BCUT2D eigenvalue weighted by Crippen LogP contribution is 2.39. The third-order valence-electron chi connectivity index (χ3n) is 7.40. The number of ether oxygens (including phenoxy) is 1. The van der Waals surface area contributed by atoms with Crippen molar-refractivity contribution in [1.82, 2.24) is 19.4 Å². The van der Waals surface area contributed by atoms with Gasteiger partial charge < -0.3 is 4.74 Å². The van der Waals surface area contributed by atoms with Crippen LogP contribution in [0.1, 0.15) is 47.4 Å². The van der Waals surface area contributed by atoms with Gasteiger partial charge in [-0.05, 0) is 43.5 Å². The summed E-state index contributed by atoms with van der Waals surface area (Å²) in [6.07, 6.45) is 2.80. The Labute approximate surface area is 210 Å². The minimum atomic E-state index is -3.76. The largest absolute Gasteiger partial charge is 0.377 e. The van der Waals surface area contributed by atoms with Gasteiger partial charge in [0.2, 0.25) is 10.0 Å². The third kappa shape index (κ3) is 4.47. The van der Waals surface area contributed by atoms with Crippen molar-refractivity contribution in [2.45, 2.75) is 49.7 Å². The van der Waals surface area contributed by atoms with E-state index in [1.54, 1.807) is 23.0 Å². The zero-order chi connectivity index (χ0) is 25.5. The first-order valence-electron chi connectivity index (χ1n) is 12.0. The molecule has 0 aliphatic carbocycles. The van der Waals surface area contributed by atoms with Gasteiger partial charge in [0.25, 0.3) is 0 Å². The first kappa shape index (κ1) is 25.0. The van der Waals surface area contributed by atoms with Crippen molar-refractivity contribution in [3.8, 4) is 0 Å². The Hall–Kier alpha value is -2.66. The van der Waals surface area contributed by atoms with E-state index in [1.165, 1.54) is 10.4 Å². The number of hydrogen-bond donors (Lipinski definition) is 1. The molecule has 1 unspecified atom stereocenters. The Kier molecular flexibility index (Phi) is 6.71. The van der Waals surface area contributed by atoms with Crippen LogP contribution in [0.3, 0.4) is 0 Å². The van der Waals surface area contributed by atoms with E-state index in [2.05, 4.69) is 10.4 Å². The summed E-state index contributed by atoms with van der Waals surface area (Å²) >= 11 is 0. The third-order valence-corrected chi connectivity index (χ3v) is 9.77. The molecular formula is C26H30F2N4O3S. The van der Waals surface area contributed by atoms with Crippen LogP contribution in [0, 0.1) is 11.6 Å². The summed E-state index contributed by atoms with van der Waals surface area (Å²) in [4.78, 5) is 0. The van der Waals surface area contributed by atoms with Gasteiger partial charge in [-0.25, -0.2) is 17.2 Å². The number of aromatic nitrogens is 2. The summed E-state index contributed by atoms with van der Waals surface area (Å²) in [6, 6.07) is 12.9. The van der Waals surface area contributed by atoms with Crippen molar-refractivity contribution in [2.24, 2.45) is 7.05 Å². The molecular weight excluding hydrogens is 486 g/mol. The van der Waals surface area contributed by atoms with Crippen LogP contribution in [-0.2, 0) is 40.4 Å². The molecule has 2 aromatic carbocycles. The molecule has 0 radical (unpaired) electrons. The number of aryl methyl sites for hydroxylation is 1. The molecule has 2 fully saturated rings. The van der Waals surface area contributed by atoms with Crippen LogP contribution >= 0.6 is 0 Å². The zero-order valence-electron chi connectivity index (χ0n) is 20.3. The summed E-state index contributed by atoms with van der Waals surface area (Å²) in [5.74, 6) is -1.22. The van der Waals surface area contributed by atoms with Crippen molar-refractivity contribution >= 4 is 10.0 Å². The summed E-state index contributed by atoms with van der Waals surface area (Å²) in [7, 11) is -1.95. The second-order valence-electron chi connectivity index (χ2n) is 9.71. The van der Waals surface area contributed by atoms with Crippen LogP contribution in [-0.4, -0.2) is 41.8 Å². The van der Waals surface area contributed by atoms with Gasteiger partial charge in [0.1, 0.15) is 16.9 Å². The highest BCUT2D eigenvalue weighted by Gasteiger charge is 2.44. The second kappa shape index (κ2) is 9.66. The molecule has 2 aliphatic rings. The molecule has 2 atom stereocenters. The normalized spacial score (nSPS) is 23.3. The van der Waals surface area contributed by atoms with Gasteiger partial charge in [0.05, 0.1) is 24.4 Å². The standard InChI is InChI=1S/C26H30F2N4O3S/c1-18-8-9-25(19-6-4-3-5-7-19)36(33,34)32(18)15-20-12-24(28)22(13-23(20)27)26(16-35-17-26)29-14-21-10-11-30-31(21)2/h3-7,10-13,18,25,29H,8-9,14-17H2,1-2H3/t18-,25?/m0/s1. The number of sulfonamides is 1. The molecule has 10 heteroatoms. The fourth-order valence-corrected chi connectivity index (χ4v) is 7.28. The monoisotopic (exact) mass is 516 g/mol. The summed E-state index contributed by atoms with van der Waals surface area (Å²) in [5.41, 5.74) is 0.937. The number of hydrogen-bond acceptors (Lipinski definition) is 5. The molecule has 0 amide bonds. The topological polar surface area (TPSA) is 76.5 Å². The molecule has 0 saturated carbocycles. The Morgan fingerprint density at radius 1 is 1.11 bits per heavy atom. The fraction of sp³-hybridized carbons (Fsp3) is 0.423. The molecule has 7 nitrogen and oxygen atoms in total. The van der Waals surface area contributed by atoms with Crippen LogP contribution in [0.2, 0.25) is 0 Å². The highest BCUT2D eigenvalue weighted by atomic mass is 32.2. The van der Waals surface area contributed by atoms with Gasteiger partial charge in [-0.15, -0.1) is 0 Å². The second-order valence-corrected chi connectivity index (χ2v) is 11.8. The van der Waals surface area contributed by atoms with Crippen LogP contribution in [0.5, 0.6) is 0 Å². The van der Waals surface area contributed by atoms with E-state index in [0.717, 1.165) is 11.8 Å². The van der Waals surface area contributed by atoms with E-state index in [1.807, 2.05) is 38.2 Å². The fourth-order valence-electron chi connectivity index (χ4n) is 5.09. The number of nitrogens with zero attached hydrogens (tertiary/aromatic N) is 3. The lowest BCUT2D eigenvalue weighted by atomic mass is 9.86. The van der Waals surface area contributed by atoms with Crippen LogP contribution in [0.4, 0.5) is 8.78 Å². The molecule has 3 aromatic rings. The molecule has 36 heavy (non-hydrogen) atoms. The Balaban J connectivity index is 1.40. The molecule has 5 rings (SSSR count). The average Bonchev–Trinajstić information content (AvgIpc) is 3.23. The van der Waals surface area contributed by atoms with Crippen molar-refractivity contribution in [2.75, 3.05) is 13.2 Å². The van der Waals surface area contributed by atoms with Crippen LogP contribution in [0.15, 0.2) is 54.7 Å². The van der Waals surface area contributed by atoms with Crippen molar-refractivity contribution in [3.05, 3.63) is 88.7 Å². The van der Waals surface area contributed by atoms with Gasteiger partial charge in [0, 0.05) is 43.5 Å². The highest BCUT2D eigenvalue weighted by molar-refractivity contribution is 7.89. The quantitative estimate of drug-likeness (QED) is 0.518. The smallest absolute Gasteiger partial charge is 0.221 e. The Morgan fingerprint density at radius 3 is 2.50 bits per heavy atom. The van der Waals surface area contributed by atoms with E-state index in [-0.39, 0.29) is 36.9 Å². The Morgan fingerprint density at radius 2 is 1.86 bits per heavy atom. The predicted molar refractivity (Wildman–Crippen MR) is 131 cm³/mol. The molecule has 192 valence electrons. The maximum absolute atomic E-state index is 15.4. The van der Waals surface area contributed by atoms with Gasteiger partial charge in [-0.1, -0.05) is 30.3 Å².